The van der Waals surface area contributed by atoms with Crippen LogP contribution in [0.25, 0.3) is 0 Å². The molecule has 0 fully saturated rings. The molecule has 11 heteroatoms. The Hall–Kier alpha value is -2.76. The van der Waals surface area contributed by atoms with E-state index >= 15 is 0 Å². The quantitative estimate of drug-likeness (QED) is 0.220. The SMILES string of the molecule is Cc1ccc(CSc2nnc(SCC(=O)N/N=C/c3ccc([N+](=O)[O-])cc3)s2)cc1. The molecule has 0 atom stereocenters. The van der Waals surface area contributed by atoms with Crippen LogP contribution in [-0.2, 0) is 10.5 Å². The van der Waals surface area contributed by atoms with Gasteiger partial charge in [-0.15, -0.1) is 10.2 Å². The summed E-state index contributed by atoms with van der Waals surface area (Å²) in [6.45, 7) is 2.06. The molecular weight excluding hydrogens is 442 g/mol. The number of nitrogens with one attached hydrogen (secondary N) is 1. The van der Waals surface area contributed by atoms with Crippen molar-refractivity contribution in [3.63, 3.8) is 0 Å². The number of non-ortho nitro benzene ring substituents is 1. The predicted octanol–water partition coefficient (Wildman–Crippen LogP) is 4.29. The van der Waals surface area contributed by atoms with Crippen LogP contribution in [0.3, 0.4) is 0 Å². The number of amides is 1. The molecule has 30 heavy (non-hydrogen) atoms. The van der Waals surface area contributed by atoms with Gasteiger partial charge >= 0.3 is 0 Å². The highest BCUT2D eigenvalue weighted by atomic mass is 32.2. The lowest BCUT2D eigenvalue weighted by Gasteiger charge is -1.99. The molecule has 0 aliphatic carbocycles. The van der Waals surface area contributed by atoms with Gasteiger partial charge in [-0.2, -0.15) is 5.10 Å². The van der Waals surface area contributed by atoms with Gasteiger partial charge in [0.05, 0.1) is 16.9 Å². The molecule has 1 N–H and O–H groups in total. The molecule has 0 bridgehead atoms. The second-order valence-corrected chi connectivity index (χ2v) is 9.46. The molecule has 1 amide bonds. The maximum absolute atomic E-state index is 11.9. The fourth-order valence-corrected chi connectivity index (χ4v) is 4.93. The third kappa shape index (κ3) is 6.94. The zero-order valence-electron chi connectivity index (χ0n) is 15.8. The number of carbonyl (C=O) groups is 1. The number of nitro benzene ring substituents is 1. The number of rotatable bonds is 9. The van der Waals surface area contributed by atoms with Gasteiger partial charge in [-0.3, -0.25) is 14.9 Å². The first-order chi connectivity index (χ1) is 14.5. The third-order valence-electron chi connectivity index (χ3n) is 3.70. The molecule has 0 spiro atoms. The average molecular weight is 460 g/mol. The van der Waals surface area contributed by atoms with Crippen LogP contribution in [0.2, 0.25) is 0 Å². The molecule has 1 aromatic heterocycles. The third-order valence-corrected chi connectivity index (χ3v) is 6.97. The molecule has 0 aliphatic rings. The van der Waals surface area contributed by atoms with E-state index in [1.54, 1.807) is 23.9 Å². The van der Waals surface area contributed by atoms with Crippen LogP contribution in [0.4, 0.5) is 5.69 Å². The second-order valence-electron chi connectivity index (χ2n) is 6.04. The van der Waals surface area contributed by atoms with Gasteiger partial charge < -0.3 is 0 Å². The molecule has 0 aliphatic heterocycles. The van der Waals surface area contributed by atoms with Crippen molar-refractivity contribution in [2.45, 2.75) is 21.4 Å². The smallest absolute Gasteiger partial charge is 0.269 e. The van der Waals surface area contributed by atoms with Crippen molar-refractivity contribution in [3.05, 3.63) is 75.3 Å². The highest BCUT2D eigenvalue weighted by Gasteiger charge is 2.09. The van der Waals surface area contributed by atoms with Crippen LogP contribution >= 0.6 is 34.9 Å². The summed E-state index contributed by atoms with van der Waals surface area (Å²) < 4.78 is 1.57. The van der Waals surface area contributed by atoms with E-state index in [1.165, 1.54) is 52.6 Å². The summed E-state index contributed by atoms with van der Waals surface area (Å²) in [4.78, 5) is 22.1. The Morgan fingerprint density at radius 1 is 1.13 bits per heavy atom. The van der Waals surface area contributed by atoms with E-state index < -0.39 is 4.92 Å². The lowest BCUT2D eigenvalue weighted by molar-refractivity contribution is -0.384. The lowest BCUT2D eigenvalue weighted by atomic mass is 10.2. The van der Waals surface area contributed by atoms with Crippen LogP contribution in [0.5, 0.6) is 0 Å². The van der Waals surface area contributed by atoms with Gasteiger partial charge in [-0.05, 0) is 30.2 Å². The van der Waals surface area contributed by atoms with Crippen molar-refractivity contribution >= 4 is 52.7 Å². The Balaban J connectivity index is 1.40. The number of nitro groups is 1. The summed E-state index contributed by atoms with van der Waals surface area (Å²) in [7, 11) is 0. The standard InChI is InChI=1S/C19H17N5O3S3/c1-13-2-4-15(5-3-13)11-28-18-22-23-19(30-18)29-12-17(25)21-20-10-14-6-8-16(9-7-14)24(26)27/h2-10H,11-12H2,1H3,(H,21,25)/b20-10+. The van der Waals surface area contributed by atoms with E-state index in [0.717, 1.165) is 14.4 Å². The number of hydrogen-bond donors (Lipinski definition) is 1. The second kappa shape index (κ2) is 10.9. The van der Waals surface area contributed by atoms with Crippen LogP contribution in [0.15, 0.2) is 62.3 Å². The lowest BCUT2D eigenvalue weighted by Crippen LogP contribution is -2.19. The van der Waals surface area contributed by atoms with Gasteiger partial charge in [0.25, 0.3) is 11.6 Å². The average Bonchev–Trinajstić information content (AvgIpc) is 3.20. The molecule has 8 nitrogen and oxygen atoms in total. The molecule has 2 aromatic carbocycles. The molecule has 0 saturated carbocycles. The Morgan fingerprint density at radius 2 is 1.80 bits per heavy atom. The first-order valence-corrected chi connectivity index (χ1v) is 11.5. The summed E-state index contributed by atoms with van der Waals surface area (Å²) in [5.74, 6) is 0.703. The number of hydrogen-bond acceptors (Lipinski definition) is 9. The van der Waals surface area contributed by atoms with Gasteiger partial charge in [-0.1, -0.05) is 64.7 Å². The number of aryl methyl sites for hydroxylation is 1. The largest absolute Gasteiger partial charge is 0.272 e. The summed E-state index contributed by atoms with van der Waals surface area (Å²) in [5.41, 5.74) is 5.52. The Morgan fingerprint density at radius 3 is 2.47 bits per heavy atom. The number of aromatic nitrogens is 2. The van der Waals surface area contributed by atoms with Gasteiger partial charge in [0.1, 0.15) is 0 Å². The number of benzene rings is 2. The monoisotopic (exact) mass is 459 g/mol. The van der Waals surface area contributed by atoms with Crippen LogP contribution < -0.4 is 5.43 Å². The van der Waals surface area contributed by atoms with Gasteiger partial charge in [0, 0.05) is 17.9 Å². The van der Waals surface area contributed by atoms with E-state index in [2.05, 4.69) is 51.9 Å². The maximum atomic E-state index is 11.9. The van der Waals surface area contributed by atoms with E-state index in [0.29, 0.717) is 5.56 Å². The summed E-state index contributed by atoms with van der Waals surface area (Å²) >= 11 is 4.36. The van der Waals surface area contributed by atoms with E-state index in [4.69, 9.17) is 0 Å². The van der Waals surface area contributed by atoms with Crippen molar-refractivity contribution in [2.24, 2.45) is 5.10 Å². The molecule has 0 saturated heterocycles. The van der Waals surface area contributed by atoms with Gasteiger partial charge in [0.15, 0.2) is 8.68 Å². The normalized spacial score (nSPS) is 11.0. The molecule has 0 radical (unpaired) electrons. The zero-order chi connectivity index (χ0) is 21.3. The van der Waals surface area contributed by atoms with Crippen molar-refractivity contribution in [1.29, 1.82) is 0 Å². The van der Waals surface area contributed by atoms with Crippen LogP contribution in [0, 0.1) is 17.0 Å². The summed E-state index contributed by atoms with van der Waals surface area (Å²) in [5, 5.41) is 22.7. The minimum atomic E-state index is -0.472. The number of hydrazone groups is 1. The van der Waals surface area contributed by atoms with Crippen molar-refractivity contribution in [1.82, 2.24) is 15.6 Å². The van der Waals surface area contributed by atoms with Crippen LogP contribution in [-0.4, -0.2) is 33.0 Å². The van der Waals surface area contributed by atoms with Crippen LogP contribution in [0.1, 0.15) is 16.7 Å². The van der Waals surface area contributed by atoms with E-state index in [9.17, 15) is 14.9 Å². The molecule has 0 unspecified atom stereocenters. The molecule has 3 aromatic rings. The molecule has 3 rings (SSSR count). The Kier molecular flexibility index (Phi) is 7.94. The van der Waals surface area contributed by atoms with Gasteiger partial charge in [-0.25, -0.2) is 5.43 Å². The highest BCUT2D eigenvalue weighted by Crippen LogP contribution is 2.30. The fraction of sp³-hybridized carbons (Fsp3) is 0.158. The number of nitrogens with zero attached hydrogens (tertiary/aromatic N) is 4. The minimum absolute atomic E-state index is 0.000964. The topological polar surface area (TPSA) is 110 Å². The number of thioether (sulfide) groups is 2. The Bertz CT molecular complexity index is 1040. The summed E-state index contributed by atoms with van der Waals surface area (Å²) in [6, 6.07) is 14.2. The zero-order valence-corrected chi connectivity index (χ0v) is 18.3. The predicted molar refractivity (Wildman–Crippen MR) is 120 cm³/mol. The molecule has 1 heterocycles. The minimum Gasteiger partial charge on any atom is -0.272 e. The first kappa shape index (κ1) is 21.9. The molecule has 154 valence electrons. The fourth-order valence-electron chi connectivity index (χ4n) is 2.16. The van der Waals surface area contributed by atoms with Gasteiger partial charge in [0.2, 0.25) is 0 Å². The summed E-state index contributed by atoms with van der Waals surface area (Å²) in [6.07, 6.45) is 1.43. The van der Waals surface area contributed by atoms with Crippen molar-refractivity contribution in [2.75, 3.05) is 5.75 Å². The number of carbonyl (C=O) groups excluding carboxylic acids is 1. The van der Waals surface area contributed by atoms with Crippen molar-refractivity contribution < 1.29 is 9.72 Å². The first-order valence-electron chi connectivity index (χ1n) is 8.70. The van der Waals surface area contributed by atoms with Crippen molar-refractivity contribution in [3.8, 4) is 0 Å². The maximum Gasteiger partial charge on any atom is 0.269 e. The molecular formula is C19H17N5O3S3. The Labute approximate surface area is 185 Å². The van der Waals surface area contributed by atoms with E-state index in [1.807, 2.05) is 0 Å². The van der Waals surface area contributed by atoms with E-state index in [-0.39, 0.29) is 17.3 Å². The highest BCUT2D eigenvalue weighted by molar-refractivity contribution is 8.03.